The number of hydrogen-bond acceptors (Lipinski definition) is 5. The molecule has 0 spiro atoms. The molecule has 0 N–H and O–H groups in total. The molecule has 0 bridgehead atoms. The largest absolute Gasteiger partial charge is 0.496 e. The molecule has 26 heavy (non-hydrogen) atoms. The van der Waals surface area contributed by atoms with Crippen molar-refractivity contribution in [3.63, 3.8) is 0 Å². The van der Waals surface area contributed by atoms with Crippen LogP contribution in [-0.4, -0.2) is 34.5 Å². The van der Waals surface area contributed by atoms with Gasteiger partial charge in [-0.3, -0.25) is 0 Å². The predicted molar refractivity (Wildman–Crippen MR) is 103 cm³/mol. The lowest BCUT2D eigenvalue weighted by atomic mass is 10.0. The van der Waals surface area contributed by atoms with Crippen molar-refractivity contribution in [3.05, 3.63) is 53.6 Å². The van der Waals surface area contributed by atoms with E-state index in [4.69, 9.17) is 14.2 Å². The van der Waals surface area contributed by atoms with Crippen LogP contribution in [0.5, 0.6) is 17.2 Å². The van der Waals surface area contributed by atoms with Gasteiger partial charge in [0.1, 0.15) is 22.5 Å². The van der Waals surface area contributed by atoms with Crippen LogP contribution in [0.3, 0.4) is 0 Å². The minimum Gasteiger partial charge on any atom is -0.496 e. The summed E-state index contributed by atoms with van der Waals surface area (Å²) in [6.07, 6.45) is 0. The first-order valence-electron chi connectivity index (χ1n) is 8.25. The van der Waals surface area contributed by atoms with Gasteiger partial charge >= 0.3 is 0 Å². The van der Waals surface area contributed by atoms with Gasteiger partial charge in [0.25, 0.3) is 0 Å². The zero-order valence-corrected chi connectivity index (χ0v) is 16.9. The van der Waals surface area contributed by atoms with Gasteiger partial charge in [-0.15, -0.1) is 0 Å². The molecule has 1 unspecified atom stereocenters. The van der Waals surface area contributed by atoms with E-state index in [2.05, 4.69) is 0 Å². The van der Waals surface area contributed by atoms with E-state index in [9.17, 15) is 8.42 Å². The Morgan fingerprint density at radius 3 is 1.73 bits per heavy atom. The molecule has 5 nitrogen and oxygen atoms in total. The van der Waals surface area contributed by atoms with Crippen LogP contribution in [-0.2, 0) is 9.84 Å². The van der Waals surface area contributed by atoms with Gasteiger partial charge < -0.3 is 14.2 Å². The standard InChI is InChI=1S/C20H26O5S/c1-20(2,3)26(21,22)19(14-10-8-7-9-11-14)18-16(24-5)12-15(23-4)13-17(18)25-6/h7-13,19H,1-6H3. The third-order valence-electron chi connectivity index (χ3n) is 4.28. The Balaban J connectivity index is 2.88. The Morgan fingerprint density at radius 2 is 1.35 bits per heavy atom. The second-order valence-corrected chi connectivity index (χ2v) is 9.68. The van der Waals surface area contributed by atoms with E-state index in [1.165, 1.54) is 21.3 Å². The molecule has 2 aromatic carbocycles. The molecule has 0 aromatic heterocycles. The lowest BCUT2D eigenvalue weighted by molar-refractivity contribution is 0.368. The molecular weight excluding hydrogens is 352 g/mol. The molecule has 0 fully saturated rings. The fraction of sp³-hybridized carbons (Fsp3) is 0.400. The van der Waals surface area contributed by atoms with E-state index in [0.29, 0.717) is 28.4 Å². The van der Waals surface area contributed by atoms with Gasteiger partial charge in [0.05, 0.1) is 31.6 Å². The molecule has 0 aliphatic carbocycles. The van der Waals surface area contributed by atoms with E-state index >= 15 is 0 Å². The molecule has 0 amide bonds. The number of benzene rings is 2. The number of ether oxygens (including phenoxy) is 3. The van der Waals surface area contributed by atoms with Gasteiger partial charge in [0.15, 0.2) is 9.84 Å². The van der Waals surface area contributed by atoms with E-state index in [-0.39, 0.29) is 0 Å². The maximum atomic E-state index is 13.5. The number of rotatable bonds is 6. The maximum absolute atomic E-state index is 13.5. The zero-order valence-electron chi connectivity index (χ0n) is 16.1. The summed E-state index contributed by atoms with van der Waals surface area (Å²) in [5, 5.41) is -0.931. The van der Waals surface area contributed by atoms with Gasteiger partial charge in [-0.2, -0.15) is 0 Å². The van der Waals surface area contributed by atoms with Crippen molar-refractivity contribution in [3.8, 4) is 17.2 Å². The predicted octanol–water partition coefficient (Wildman–Crippen LogP) is 4.02. The molecule has 2 aromatic rings. The highest BCUT2D eigenvalue weighted by atomic mass is 32.2. The topological polar surface area (TPSA) is 61.8 Å². The molecule has 0 aliphatic heterocycles. The highest BCUT2D eigenvalue weighted by Gasteiger charge is 2.42. The monoisotopic (exact) mass is 378 g/mol. The van der Waals surface area contributed by atoms with Crippen molar-refractivity contribution in [2.75, 3.05) is 21.3 Å². The first-order valence-corrected chi connectivity index (χ1v) is 9.80. The molecule has 0 saturated heterocycles. The minimum atomic E-state index is -3.63. The van der Waals surface area contributed by atoms with E-state index in [1.807, 2.05) is 18.2 Å². The van der Waals surface area contributed by atoms with Crippen LogP contribution < -0.4 is 14.2 Å². The highest BCUT2D eigenvalue weighted by Crippen LogP contribution is 2.47. The third kappa shape index (κ3) is 3.65. The summed E-state index contributed by atoms with van der Waals surface area (Å²) in [7, 11) is 0.913. The fourth-order valence-electron chi connectivity index (χ4n) is 2.77. The van der Waals surface area contributed by atoms with E-state index < -0.39 is 19.8 Å². The second-order valence-electron chi connectivity index (χ2n) is 6.89. The zero-order chi connectivity index (χ0) is 19.5. The van der Waals surface area contributed by atoms with Gasteiger partial charge in [-0.05, 0) is 26.3 Å². The van der Waals surface area contributed by atoms with Crippen molar-refractivity contribution in [2.24, 2.45) is 0 Å². The van der Waals surface area contributed by atoms with Gasteiger partial charge in [-0.25, -0.2) is 8.42 Å². The van der Waals surface area contributed by atoms with Gasteiger partial charge in [0.2, 0.25) is 0 Å². The number of sulfone groups is 1. The summed E-state index contributed by atoms with van der Waals surface area (Å²) in [6.45, 7) is 5.09. The van der Waals surface area contributed by atoms with Crippen LogP contribution in [0.1, 0.15) is 37.1 Å². The molecule has 0 aliphatic rings. The molecule has 2 rings (SSSR count). The van der Waals surface area contributed by atoms with E-state index in [0.717, 1.165) is 0 Å². The van der Waals surface area contributed by atoms with Gasteiger partial charge in [-0.1, -0.05) is 30.3 Å². The average Bonchev–Trinajstić information content (AvgIpc) is 2.61. The second kappa shape index (κ2) is 7.58. The van der Waals surface area contributed by atoms with Gasteiger partial charge in [0, 0.05) is 12.1 Å². The normalized spacial score (nSPS) is 13.2. The summed E-state index contributed by atoms with van der Waals surface area (Å²) in [6, 6.07) is 12.4. The fourth-order valence-corrected chi connectivity index (χ4v) is 4.54. The summed E-state index contributed by atoms with van der Waals surface area (Å²) >= 11 is 0. The first-order chi connectivity index (χ1) is 12.2. The highest BCUT2D eigenvalue weighted by molar-refractivity contribution is 7.93. The molecule has 0 heterocycles. The Labute approximate surface area is 155 Å². The Hall–Kier alpha value is -2.21. The van der Waals surface area contributed by atoms with E-state index in [1.54, 1.807) is 45.0 Å². The summed E-state index contributed by atoms with van der Waals surface area (Å²) < 4.78 is 42.3. The third-order valence-corrected chi connectivity index (χ3v) is 7.12. The van der Waals surface area contributed by atoms with Crippen LogP contribution in [0.25, 0.3) is 0 Å². The van der Waals surface area contributed by atoms with Crippen LogP contribution in [0.4, 0.5) is 0 Å². The molecule has 1 atom stereocenters. The Bertz CT molecular complexity index is 827. The maximum Gasteiger partial charge on any atom is 0.166 e. The minimum absolute atomic E-state index is 0.405. The van der Waals surface area contributed by atoms with Crippen LogP contribution in [0.15, 0.2) is 42.5 Å². The number of methoxy groups -OCH3 is 3. The van der Waals surface area contributed by atoms with Crippen molar-refractivity contribution in [1.82, 2.24) is 0 Å². The summed E-state index contributed by atoms with van der Waals surface area (Å²) in [5.41, 5.74) is 1.13. The Kier molecular flexibility index (Phi) is 5.86. The Morgan fingerprint density at radius 1 is 0.846 bits per heavy atom. The number of hydrogen-bond donors (Lipinski definition) is 0. The molecule has 6 heteroatoms. The smallest absolute Gasteiger partial charge is 0.166 e. The molecular formula is C20H26O5S. The lowest BCUT2D eigenvalue weighted by Crippen LogP contribution is -2.33. The summed E-state index contributed by atoms with van der Waals surface area (Å²) in [5.74, 6) is 1.34. The van der Waals surface area contributed by atoms with Crippen molar-refractivity contribution in [1.29, 1.82) is 0 Å². The van der Waals surface area contributed by atoms with Crippen LogP contribution >= 0.6 is 0 Å². The molecule has 142 valence electrons. The quantitative estimate of drug-likeness (QED) is 0.760. The van der Waals surface area contributed by atoms with Crippen molar-refractivity contribution >= 4 is 9.84 Å². The lowest BCUT2D eigenvalue weighted by Gasteiger charge is -2.29. The van der Waals surface area contributed by atoms with Crippen molar-refractivity contribution < 1.29 is 22.6 Å². The first kappa shape index (κ1) is 20.1. The summed E-state index contributed by atoms with van der Waals surface area (Å²) in [4.78, 5) is 0. The van der Waals surface area contributed by atoms with Crippen molar-refractivity contribution in [2.45, 2.75) is 30.8 Å². The average molecular weight is 378 g/mol. The SMILES string of the molecule is COc1cc(OC)c(C(c2ccccc2)S(=O)(=O)C(C)(C)C)c(OC)c1. The molecule has 0 radical (unpaired) electrons. The molecule has 0 saturated carbocycles. The van der Waals surface area contributed by atoms with Crippen LogP contribution in [0.2, 0.25) is 0 Å². The van der Waals surface area contributed by atoms with Crippen LogP contribution in [0, 0.1) is 0 Å².